The molecule has 1 aliphatic rings. The lowest BCUT2D eigenvalue weighted by molar-refractivity contribution is -0.121. The molecule has 0 spiro atoms. The summed E-state index contributed by atoms with van der Waals surface area (Å²) >= 11 is 0. The summed E-state index contributed by atoms with van der Waals surface area (Å²) in [7, 11) is 0. The molecule has 132 valence electrons. The number of nitrogens with two attached hydrogens (primary N) is 1. The standard InChI is InChI=1S/C19H21N3O2.ClH/c20-15-9-10-16-14(11-15)7-4-8-17(16)22-18(23)12-21-19(24)13-5-2-1-3-6-13;/h1-3,5-6,9-11,17H,4,7-8,12,20H2,(H,21,24)(H,22,23);1H. The van der Waals surface area contributed by atoms with Crippen molar-refractivity contribution in [3.63, 3.8) is 0 Å². The van der Waals surface area contributed by atoms with Crippen LogP contribution in [0, 0.1) is 0 Å². The molecule has 4 N–H and O–H groups in total. The van der Waals surface area contributed by atoms with E-state index in [9.17, 15) is 9.59 Å². The maximum absolute atomic E-state index is 12.2. The topological polar surface area (TPSA) is 84.2 Å². The van der Waals surface area contributed by atoms with Gasteiger partial charge in [0.15, 0.2) is 0 Å². The number of hydrogen-bond acceptors (Lipinski definition) is 3. The molecule has 2 aromatic rings. The number of nitrogens with one attached hydrogen (secondary N) is 2. The van der Waals surface area contributed by atoms with Crippen LogP contribution in [0.25, 0.3) is 0 Å². The van der Waals surface area contributed by atoms with Crippen molar-refractivity contribution in [3.8, 4) is 0 Å². The van der Waals surface area contributed by atoms with Crippen LogP contribution in [0.2, 0.25) is 0 Å². The number of rotatable bonds is 4. The fraction of sp³-hybridized carbons (Fsp3) is 0.263. The highest BCUT2D eigenvalue weighted by Crippen LogP contribution is 2.30. The normalized spacial score (nSPS) is 15.4. The smallest absolute Gasteiger partial charge is 0.251 e. The lowest BCUT2D eigenvalue weighted by Gasteiger charge is -2.26. The molecule has 3 rings (SSSR count). The minimum Gasteiger partial charge on any atom is -0.399 e. The number of hydrogen-bond donors (Lipinski definition) is 3. The van der Waals surface area contributed by atoms with Crippen molar-refractivity contribution in [2.45, 2.75) is 25.3 Å². The molecule has 0 aromatic heterocycles. The molecule has 0 saturated carbocycles. The van der Waals surface area contributed by atoms with Crippen molar-refractivity contribution < 1.29 is 9.59 Å². The van der Waals surface area contributed by atoms with E-state index in [1.807, 2.05) is 24.3 Å². The summed E-state index contributed by atoms with van der Waals surface area (Å²) in [6, 6.07) is 14.7. The molecular weight excluding hydrogens is 338 g/mol. The van der Waals surface area contributed by atoms with Gasteiger partial charge in [-0.15, -0.1) is 12.4 Å². The molecule has 2 amide bonds. The maximum atomic E-state index is 12.2. The highest BCUT2D eigenvalue weighted by Gasteiger charge is 2.22. The summed E-state index contributed by atoms with van der Waals surface area (Å²) in [5, 5.41) is 5.66. The molecule has 0 bridgehead atoms. The van der Waals surface area contributed by atoms with Gasteiger partial charge in [-0.1, -0.05) is 24.3 Å². The van der Waals surface area contributed by atoms with Gasteiger partial charge in [-0.3, -0.25) is 9.59 Å². The first-order valence-electron chi connectivity index (χ1n) is 8.14. The molecule has 0 fully saturated rings. The van der Waals surface area contributed by atoms with E-state index in [1.165, 1.54) is 5.56 Å². The van der Waals surface area contributed by atoms with E-state index in [-0.39, 0.29) is 36.8 Å². The molecule has 25 heavy (non-hydrogen) atoms. The first-order chi connectivity index (χ1) is 11.6. The number of carbonyl (C=O) groups is 2. The van der Waals surface area contributed by atoms with Crippen molar-refractivity contribution in [2.24, 2.45) is 0 Å². The minimum absolute atomic E-state index is 0. The van der Waals surface area contributed by atoms with Gasteiger partial charge in [0.2, 0.25) is 5.91 Å². The molecule has 0 saturated heterocycles. The third kappa shape index (κ3) is 4.73. The predicted octanol–water partition coefficient (Wildman–Crippen LogP) is 2.61. The van der Waals surface area contributed by atoms with Gasteiger partial charge in [0, 0.05) is 11.3 Å². The van der Waals surface area contributed by atoms with E-state index in [4.69, 9.17) is 5.73 Å². The highest BCUT2D eigenvalue weighted by atomic mass is 35.5. The Bertz CT molecular complexity index is 750. The lowest BCUT2D eigenvalue weighted by Crippen LogP contribution is -2.39. The molecule has 6 heteroatoms. The van der Waals surface area contributed by atoms with Gasteiger partial charge >= 0.3 is 0 Å². The number of carbonyl (C=O) groups excluding carboxylic acids is 2. The highest BCUT2D eigenvalue weighted by molar-refractivity contribution is 5.96. The van der Waals surface area contributed by atoms with E-state index >= 15 is 0 Å². The average molecular weight is 360 g/mol. The predicted molar refractivity (Wildman–Crippen MR) is 101 cm³/mol. The van der Waals surface area contributed by atoms with Crippen molar-refractivity contribution in [1.29, 1.82) is 0 Å². The minimum atomic E-state index is -0.248. The number of benzene rings is 2. The van der Waals surface area contributed by atoms with Gasteiger partial charge in [0.05, 0.1) is 12.6 Å². The van der Waals surface area contributed by atoms with Gasteiger partial charge in [-0.25, -0.2) is 0 Å². The molecule has 1 aliphatic carbocycles. The molecule has 0 radical (unpaired) electrons. The molecule has 1 unspecified atom stereocenters. The fourth-order valence-electron chi connectivity index (χ4n) is 3.08. The van der Waals surface area contributed by atoms with E-state index < -0.39 is 0 Å². The SMILES string of the molecule is Cl.Nc1ccc2c(c1)CCCC2NC(=O)CNC(=O)c1ccccc1. The van der Waals surface area contributed by atoms with Gasteiger partial charge in [-0.2, -0.15) is 0 Å². The van der Waals surface area contributed by atoms with Crippen LogP contribution in [0.4, 0.5) is 5.69 Å². The number of nitrogen functional groups attached to an aromatic ring is 1. The Labute approximate surface area is 153 Å². The van der Waals surface area contributed by atoms with Crippen LogP contribution in [0.1, 0.15) is 40.4 Å². The average Bonchev–Trinajstić information content (AvgIpc) is 2.60. The van der Waals surface area contributed by atoms with Crippen molar-refractivity contribution in [1.82, 2.24) is 10.6 Å². The number of halogens is 1. The first-order valence-corrected chi connectivity index (χ1v) is 8.14. The van der Waals surface area contributed by atoms with Crippen LogP contribution >= 0.6 is 12.4 Å². The Kier molecular flexibility index (Phi) is 6.42. The lowest BCUT2D eigenvalue weighted by atomic mass is 9.87. The Morgan fingerprint density at radius 1 is 1.12 bits per heavy atom. The third-order valence-corrected chi connectivity index (χ3v) is 4.26. The van der Waals surface area contributed by atoms with Gasteiger partial charge in [0.25, 0.3) is 5.91 Å². The molecule has 2 aromatic carbocycles. The summed E-state index contributed by atoms with van der Waals surface area (Å²) in [5.41, 5.74) is 9.44. The molecular formula is C19H22ClN3O2. The van der Waals surface area contributed by atoms with Crippen LogP contribution in [0.3, 0.4) is 0 Å². The zero-order chi connectivity index (χ0) is 16.9. The fourth-order valence-corrected chi connectivity index (χ4v) is 3.08. The summed E-state index contributed by atoms with van der Waals surface area (Å²) < 4.78 is 0. The van der Waals surface area contributed by atoms with Crippen LogP contribution < -0.4 is 16.4 Å². The second-order valence-corrected chi connectivity index (χ2v) is 6.02. The van der Waals surface area contributed by atoms with E-state index in [0.29, 0.717) is 5.56 Å². The Hall–Kier alpha value is -2.53. The summed E-state index contributed by atoms with van der Waals surface area (Å²) in [6.45, 7) is -0.0332. The number of amides is 2. The molecule has 0 heterocycles. The summed E-state index contributed by atoms with van der Waals surface area (Å²) in [4.78, 5) is 24.1. The van der Waals surface area contributed by atoms with Crippen molar-refractivity contribution in [3.05, 3.63) is 65.2 Å². The van der Waals surface area contributed by atoms with Gasteiger partial charge in [-0.05, 0) is 54.7 Å². The van der Waals surface area contributed by atoms with Crippen LogP contribution in [-0.4, -0.2) is 18.4 Å². The molecule has 5 nitrogen and oxygen atoms in total. The second-order valence-electron chi connectivity index (χ2n) is 6.02. The van der Waals surface area contributed by atoms with Gasteiger partial charge < -0.3 is 16.4 Å². The largest absolute Gasteiger partial charge is 0.399 e. The zero-order valence-electron chi connectivity index (χ0n) is 13.8. The zero-order valence-corrected chi connectivity index (χ0v) is 14.6. The number of anilines is 1. The Morgan fingerprint density at radius 2 is 1.88 bits per heavy atom. The third-order valence-electron chi connectivity index (χ3n) is 4.26. The van der Waals surface area contributed by atoms with Crippen LogP contribution in [0.5, 0.6) is 0 Å². The number of fused-ring (bicyclic) bond motifs is 1. The van der Waals surface area contributed by atoms with E-state index in [1.54, 1.807) is 24.3 Å². The van der Waals surface area contributed by atoms with E-state index in [0.717, 1.165) is 30.5 Å². The molecule has 0 aliphatic heterocycles. The van der Waals surface area contributed by atoms with E-state index in [2.05, 4.69) is 10.6 Å². The summed E-state index contributed by atoms with van der Waals surface area (Å²) in [5.74, 6) is -0.434. The summed E-state index contributed by atoms with van der Waals surface area (Å²) in [6.07, 6.45) is 2.89. The van der Waals surface area contributed by atoms with Crippen LogP contribution in [0.15, 0.2) is 48.5 Å². The first kappa shape index (κ1) is 18.8. The maximum Gasteiger partial charge on any atom is 0.251 e. The van der Waals surface area contributed by atoms with Gasteiger partial charge in [0.1, 0.15) is 0 Å². The van der Waals surface area contributed by atoms with Crippen molar-refractivity contribution in [2.75, 3.05) is 12.3 Å². The Balaban J connectivity index is 0.00000225. The van der Waals surface area contributed by atoms with Crippen molar-refractivity contribution >= 4 is 29.9 Å². The quantitative estimate of drug-likeness (QED) is 0.734. The van der Waals surface area contributed by atoms with Crippen LogP contribution in [-0.2, 0) is 11.2 Å². The second kappa shape index (κ2) is 8.53. The Morgan fingerprint density at radius 3 is 2.64 bits per heavy atom. The number of aryl methyl sites for hydroxylation is 1. The monoisotopic (exact) mass is 359 g/mol. The molecule has 1 atom stereocenters.